The SMILES string of the molecule is N[C@H]1CC[C@H](Oc2ncccc2Br)CC1. The van der Waals surface area contributed by atoms with Crippen LogP contribution in [0, 0.1) is 0 Å². The van der Waals surface area contributed by atoms with Crippen LogP contribution in [0.25, 0.3) is 0 Å². The van der Waals surface area contributed by atoms with E-state index in [1.54, 1.807) is 6.20 Å². The van der Waals surface area contributed by atoms with Gasteiger partial charge in [-0.2, -0.15) is 0 Å². The molecule has 0 aromatic carbocycles. The lowest BCUT2D eigenvalue weighted by atomic mass is 9.94. The molecular weight excluding hydrogens is 256 g/mol. The Kier molecular flexibility index (Phi) is 3.59. The zero-order chi connectivity index (χ0) is 10.7. The summed E-state index contributed by atoms with van der Waals surface area (Å²) in [6, 6.07) is 4.18. The molecule has 0 radical (unpaired) electrons. The molecule has 0 atom stereocenters. The van der Waals surface area contributed by atoms with Crippen LogP contribution in [0.3, 0.4) is 0 Å². The van der Waals surface area contributed by atoms with Crippen molar-refractivity contribution in [2.24, 2.45) is 5.73 Å². The fourth-order valence-corrected chi connectivity index (χ4v) is 2.17. The topological polar surface area (TPSA) is 48.1 Å². The highest BCUT2D eigenvalue weighted by molar-refractivity contribution is 9.10. The van der Waals surface area contributed by atoms with Gasteiger partial charge in [-0.05, 0) is 53.7 Å². The van der Waals surface area contributed by atoms with Crippen LogP contribution < -0.4 is 10.5 Å². The van der Waals surface area contributed by atoms with Crippen LogP contribution in [-0.2, 0) is 0 Å². The molecule has 1 aliphatic carbocycles. The molecule has 1 aromatic rings. The largest absolute Gasteiger partial charge is 0.474 e. The molecule has 1 heterocycles. The summed E-state index contributed by atoms with van der Waals surface area (Å²) in [5.74, 6) is 0.693. The quantitative estimate of drug-likeness (QED) is 0.899. The summed E-state index contributed by atoms with van der Waals surface area (Å²) in [5, 5.41) is 0. The Morgan fingerprint density at radius 2 is 2.07 bits per heavy atom. The van der Waals surface area contributed by atoms with E-state index in [4.69, 9.17) is 10.5 Å². The first-order valence-electron chi connectivity index (χ1n) is 5.28. The van der Waals surface area contributed by atoms with E-state index in [1.165, 1.54) is 0 Å². The summed E-state index contributed by atoms with van der Waals surface area (Å²) in [7, 11) is 0. The zero-order valence-electron chi connectivity index (χ0n) is 8.53. The number of halogens is 1. The Bertz CT molecular complexity index is 324. The Balaban J connectivity index is 1.95. The lowest BCUT2D eigenvalue weighted by Gasteiger charge is -2.26. The van der Waals surface area contributed by atoms with E-state index >= 15 is 0 Å². The standard InChI is InChI=1S/C11H15BrN2O/c12-10-2-1-7-14-11(10)15-9-5-3-8(13)4-6-9/h1-2,7-9H,3-6,13H2/t8-,9-. The second-order valence-electron chi connectivity index (χ2n) is 3.95. The number of aromatic nitrogens is 1. The number of nitrogens with two attached hydrogens (primary N) is 1. The van der Waals surface area contributed by atoms with Gasteiger partial charge in [0.1, 0.15) is 6.10 Å². The molecule has 0 amide bonds. The number of rotatable bonds is 2. The molecule has 0 unspecified atom stereocenters. The van der Waals surface area contributed by atoms with Crippen molar-refractivity contribution in [1.29, 1.82) is 0 Å². The van der Waals surface area contributed by atoms with Gasteiger partial charge < -0.3 is 10.5 Å². The average molecular weight is 271 g/mol. The minimum atomic E-state index is 0.274. The number of nitrogens with zero attached hydrogens (tertiary/aromatic N) is 1. The van der Waals surface area contributed by atoms with Gasteiger partial charge in [0.15, 0.2) is 0 Å². The van der Waals surface area contributed by atoms with Crippen LogP contribution in [-0.4, -0.2) is 17.1 Å². The molecule has 0 aliphatic heterocycles. The second-order valence-corrected chi connectivity index (χ2v) is 4.80. The predicted octanol–water partition coefficient (Wildman–Crippen LogP) is 2.49. The molecule has 4 heteroatoms. The van der Waals surface area contributed by atoms with Crippen molar-refractivity contribution in [3.05, 3.63) is 22.8 Å². The molecule has 0 spiro atoms. The van der Waals surface area contributed by atoms with Crippen LogP contribution in [0.4, 0.5) is 0 Å². The first-order valence-corrected chi connectivity index (χ1v) is 6.08. The molecule has 82 valence electrons. The highest BCUT2D eigenvalue weighted by atomic mass is 79.9. The van der Waals surface area contributed by atoms with Crippen LogP contribution in [0.2, 0.25) is 0 Å². The molecule has 1 aromatic heterocycles. The third-order valence-corrected chi connectivity index (χ3v) is 3.33. The lowest BCUT2D eigenvalue weighted by Crippen LogP contribution is -2.31. The fourth-order valence-electron chi connectivity index (χ4n) is 1.82. The van der Waals surface area contributed by atoms with E-state index in [2.05, 4.69) is 20.9 Å². The first kappa shape index (κ1) is 10.9. The zero-order valence-corrected chi connectivity index (χ0v) is 10.1. The summed E-state index contributed by atoms with van der Waals surface area (Å²) in [4.78, 5) is 4.19. The van der Waals surface area contributed by atoms with Gasteiger partial charge >= 0.3 is 0 Å². The second kappa shape index (κ2) is 4.94. The maximum absolute atomic E-state index is 5.84. The van der Waals surface area contributed by atoms with Gasteiger partial charge in [0, 0.05) is 12.2 Å². The van der Waals surface area contributed by atoms with Gasteiger partial charge in [0.25, 0.3) is 0 Å². The minimum Gasteiger partial charge on any atom is -0.474 e. The van der Waals surface area contributed by atoms with E-state index in [9.17, 15) is 0 Å². The monoisotopic (exact) mass is 270 g/mol. The molecule has 3 nitrogen and oxygen atoms in total. The highest BCUT2D eigenvalue weighted by Gasteiger charge is 2.20. The van der Waals surface area contributed by atoms with E-state index < -0.39 is 0 Å². The lowest BCUT2D eigenvalue weighted by molar-refractivity contribution is 0.140. The summed E-state index contributed by atoms with van der Waals surface area (Å²) in [5.41, 5.74) is 5.84. The average Bonchev–Trinajstić information content (AvgIpc) is 2.25. The van der Waals surface area contributed by atoms with Gasteiger partial charge in [-0.15, -0.1) is 0 Å². The molecule has 2 N–H and O–H groups in total. The molecule has 0 saturated heterocycles. The third kappa shape index (κ3) is 2.92. The third-order valence-electron chi connectivity index (χ3n) is 2.72. The molecule has 1 fully saturated rings. The molecule has 1 saturated carbocycles. The van der Waals surface area contributed by atoms with Crippen LogP contribution in [0.1, 0.15) is 25.7 Å². The molecule has 1 aliphatic rings. The maximum atomic E-state index is 5.84. The number of hydrogen-bond acceptors (Lipinski definition) is 3. The first-order chi connectivity index (χ1) is 7.25. The summed E-state index contributed by atoms with van der Waals surface area (Å²) in [6.45, 7) is 0. The van der Waals surface area contributed by atoms with Gasteiger partial charge in [-0.25, -0.2) is 4.98 Å². The maximum Gasteiger partial charge on any atom is 0.228 e. The summed E-state index contributed by atoms with van der Waals surface area (Å²) in [6.07, 6.45) is 6.18. The van der Waals surface area contributed by atoms with Gasteiger partial charge in [-0.1, -0.05) is 0 Å². The van der Waals surface area contributed by atoms with E-state index in [0.29, 0.717) is 11.9 Å². The molecular formula is C11H15BrN2O. The Morgan fingerprint density at radius 3 is 2.73 bits per heavy atom. The minimum absolute atomic E-state index is 0.274. The summed E-state index contributed by atoms with van der Waals surface area (Å²) < 4.78 is 6.74. The molecule has 2 rings (SSSR count). The van der Waals surface area contributed by atoms with Crippen molar-refractivity contribution in [2.45, 2.75) is 37.8 Å². The van der Waals surface area contributed by atoms with Crippen molar-refractivity contribution in [3.63, 3.8) is 0 Å². The van der Waals surface area contributed by atoms with Crippen LogP contribution in [0.15, 0.2) is 22.8 Å². The van der Waals surface area contributed by atoms with Crippen molar-refractivity contribution in [1.82, 2.24) is 4.98 Å². The van der Waals surface area contributed by atoms with Crippen molar-refractivity contribution >= 4 is 15.9 Å². The smallest absolute Gasteiger partial charge is 0.228 e. The molecule has 15 heavy (non-hydrogen) atoms. The van der Waals surface area contributed by atoms with E-state index in [0.717, 1.165) is 30.2 Å². The van der Waals surface area contributed by atoms with Crippen molar-refractivity contribution in [3.8, 4) is 5.88 Å². The van der Waals surface area contributed by atoms with Gasteiger partial charge in [0.2, 0.25) is 5.88 Å². The van der Waals surface area contributed by atoms with Crippen molar-refractivity contribution in [2.75, 3.05) is 0 Å². The Labute approximate surface area is 98.2 Å². The van der Waals surface area contributed by atoms with E-state index in [1.807, 2.05) is 12.1 Å². The van der Waals surface area contributed by atoms with Crippen LogP contribution in [0.5, 0.6) is 5.88 Å². The van der Waals surface area contributed by atoms with E-state index in [-0.39, 0.29) is 6.10 Å². The Hall–Kier alpha value is -0.610. The number of pyridine rings is 1. The van der Waals surface area contributed by atoms with Crippen molar-refractivity contribution < 1.29 is 4.74 Å². The highest BCUT2D eigenvalue weighted by Crippen LogP contribution is 2.26. The van der Waals surface area contributed by atoms with Gasteiger partial charge in [0.05, 0.1) is 4.47 Å². The number of ether oxygens (including phenoxy) is 1. The molecule has 0 bridgehead atoms. The fraction of sp³-hybridized carbons (Fsp3) is 0.545. The predicted molar refractivity (Wildman–Crippen MR) is 62.8 cm³/mol. The van der Waals surface area contributed by atoms with Gasteiger partial charge in [-0.3, -0.25) is 0 Å². The Morgan fingerprint density at radius 1 is 1.33 bits per heavy atom. The van der Waals surface area contributed by atoms with Crippen LogP contribution >= 0.6 is 15.9 Å². The summed E-state index contributed by atoms with van der Waals surface area (Å²) >= 11 is 3.42. The number of hydrogen-bond donors (Lipinski definition) is 1. The normalized spacial score (nSPS) is 26.3.